The molecule has 1 aromatic rings. The number of hydrogen-bond donors (Lipinski definition) is 2. The molecule has 0 radical (unpaired) electrons. The Labute approximate surface area is 138 Å². The number of sulfonamides is 1. The lowest BCUT2D eigenvalue weighted by Gasteiger charge is -2.29. The number of halogens is 1. The summed E-state index contributed by atoms with van der Waals surface area (Å²) in [5, 5.41) is 3.78. The van der Waals surface area contributed by atoms with Gasteiger partial charge in [0.1, 0.15) is 0 Å². The van der Waals surface area contributed by atoms with Gasteiger partial charge in [0.25, 0.3) is 0 Å². The zero-order chi connectivity index (χ0) is 16.2. The SMILES string of the molecule is CC(C)S(=O)(=O)NC1CCC(CNc2cccc(Cl)c2)CC1. The Kier molecular flexibility index (Phi) is 6.12. The standard InChI is InChI=1S/C16H25ClN2O2S/c1-12(2)22(20,21)19-15-8-6-13(7-9-15)11-18-16-5-3-4-14(17)10-16/h3-5,10,12-13,15,18-19H,6-9,11H2,1-2H3. The van der Waals surface area contributed by atoms with Gasteiger partial charge in [-0.25, -0.2) is 13.1 Å². The van der Waals surface area contributed by atoms with Crippen molar-refractivity contribution in [1.29, 1.82) is 0 Å². The van der Waals surface area contributed by atoms with Crippen molar-refractivity contribution in [3.05, 3.63) is 29.3 Å². The first-order valence-electron chi connectivity index (χ1n) is 7.87. The number of hydrogen-bond acceptors (Lipinski definition) is 3. The molecule has 0 aliphatic heterocycles. The second-order valence-electron chi connectivity index (χ2n) is 6.32. The number of anilines is 1. The molecule has 0 saturated heterocycles. The molecular formula is C16H25ClN2O2S. The van der Waals surface area contributed by atoms with Gasteiger partial charge in [-0.15, -0.1) is 0 Å². The third-order valence-corrected chi connectivity index (χ3v) is 6.36. The van der Waals surface area contributed by atoms with E-state index in [1.165, 1.54) is 0 Å². The molecule has 0 aromatic heterocycles. The van der Waals surface area contributed by atoms with Crippen molar-refractivity contribution in [2.24, 2.45) is 5.92 Å². The summed E-state index contributed by atoms with van der Waals surface area (Å²) in [6, 6.07) is 7.81. The maximum absolute atomic E-state index is 11.9. The number of rotatable bonds is 6. The van der Waals surface area contributed by atoms with Crippen molar-refractivity contribution in [3.8, 4) is 0 Å². The molecule has 0 unspecified atom stereocenters. The van der Waals surface area contributed by atoms with E-state index in [1.807, 2.05) is 24.3 Å². The van der Waals surface area contributed by atoms with Gasteiger partial charge in [-0.3, -0.25) is 0 Å². The summed E-state index contributed by atoms with van der Waals surface area (Å²) in [5.74, 6) is 0.582. The summed E-state index contributed by atoms with van der Waals surface area (Å²) < 4.78 is 26.6. The monoisotopic (exact) mass is 344 g/mol. The fourth-order valence-corrected chi connectivity index (χ4v) is 3.88. The van der Waals surface area contributed by atoms with Crippen LogP contribution in [0.1, 0.15) is 39.5 Å². The molecule has 2 N–H and O–H groups in total. The highest BCUT2D eigenvalue weighted by Crippen LogP contribution is 2.26. The van der Waals surface area contributed by atoms with E-state index in [-0.39, 0.29) is 11.3 Å². The van der Waals surface area contributed by atoms with Gasteiger partial charge in [0.2, 0.25) is 10.0 Å². The molecule has 0 spiro atoms. The van der Waals surface area contributed by atoms with Crippen LogP contribution in [0.3, 0.4) is 0 Å². The summed E-state index contributed by atoms with van der Waals surface area (Å²) >= 11 is 5.97. The fraction of sp³-hybridized carbons (Fsp3) is 0.625. The number of benzene rings is 1. The molecule has 124 valence electrons. The molecule has 1 aliphatic rings. The maximum atomic E-state index is 11.9. The third kappa shape index (κ3) is 5.14. The second kappa shape index (κ2) is 7.66. The van der Waals surface area contributed by atoms with Crippen molar-refractivity contribution in [3.63, 3.8) is 0 Å². The van der Waals surface area contributed by atoms with Crippen molar-refractivity contribution in [2.75, 3.05) is 11.9 Å². The Morgan fingerprint density at radius 1 is 1.23 bits per heavy atom. The van der Waals surface area contributed by atoms with Gasteiger partial charge in [-0.2, -0.15) is 0 Å². The lowest BCUT2D eigenvalue weighted by Crippen LogP contribution is -2.41. The predicted octanol–water partition coefficient (Wildman–Crippen LogP) is 3.64. The smallest absolute Gasteiger partial charge is 0.214 e. The predicted molar refractivity (Wildman–Crippen MR) is 92.9 cm³/mol. The highest BCUT2D eigenvalue weighted by Gasteiger charge is 2.26. The second-order valence-corrected chi connectivity index (χ2v) is 9.03. The summed E-state index contributed by atoms with van der Waals surface area (Å²) in [5.41, 5.74) is 1.04. The van der Waals surface area contributed by atoms with Crippen LogP contribution in [-0.2, 0) is 10.0 Å². The first-order chi connectivity index (χ1) is 10.4. The molecule has 1 aliphatic carbocycles. The van der Waals surface area contributed by atoms with Crippen molar-refractivity contribution in [1.82, 2.24) is 4.72 Å². The molecule has 1 aromatic carbocycles. The molecule has 0 amide bonds. The topological polar surface area (TPSA) is 58.2 Å². The summed E-state index contributed by atoms with van der Waals surface area (Å²) in [7, 11) is -3.16. The third-order valence-electron chi connectivity index (χ3n) is 4.22. The van der Waals surface area contributed by atoms with E-state index < -0.39 is 10.0 Å². The van der Waals surface area contributed by atoms with Gasteiger partial charge in [0.05, 0.1) is 5.25 Å². The molecule has 22 heavy (non-hydrogen) atoms. The maximum Gasteiger partial charge on any atom is 0.214 e. The zero-order valence-corrected chi connectivity index (χ0v) is 14.8. The highest BCUT2D eigenvalue weighted by molar-refractivity contribution is 7.90. The van der Waals surface area contributed by atoms with Crippen LogP contribution in [0.4, 0.5) is 5.69 Å². The number of nitrogens with one attached hydrogen (secondary N) is 2. The van der Waals surface area contributed by atoms with Crippen LogP contribution < -0.4 is 10.0 Å². The molecular weight excluding hydrogens is 320 g/mol. The van der Waals surface area contributed by atoms with E-state index in [9.17, 15) is 8.42 Å². The molecule has 0 atom stereocenters. The van der Waals surface area contributed by atoms with Gasteiger partial charge in [-0.05, 0) is 63.6 Å². The van der Waals surface area contributed by atoms with Gasteiger partial charge in [-0.1, -0.05) is 17.7 Å². The minimum Gasteiger partial charge on any atom is -0.385 e. The van der Waals surface area contributed by atoms with Crippen LogP contribution >= 0.6 is 11.6 Å². The first kappa shape index (κ1) is 17.6. The lowest BCUT2D eigenvalue weighted by molar-refractivity contribution is 0.323. The zero-order valence-electron chi connectivity index (χ0n) is 13.2. The van der Waals surface area contributed by atoms with Crippen LogP contribution in [0.25, 0.3) is 0 Å². The van der Waals surface area contributed by atoms with Gasteiger partial charge in [0, 0.05) is 23.3 Å². The van der Waals surface area contributed by atoms with E-state index in [2.05, 4.69) is 10.0 Å². The van der Waals surface area contributed by atoms with Crippen LogP contribution in [0.2, 0.25) is 5.02 Å². The summed E-state index contributed by atoms with van der Waals surface area (Å²) in [6.07, 6.45) is 3.90. The van der Waals surface area contributed by atoms with Gasteiger partial charge in [0.15, 0.2) is 0 Å². The van der Waals surface area contributed by atoms with E-state index in [0.29, 0.717) is 5.92 Å². The fourth-order valence-electron chi connectivity index (χ4n) is 2.71. The van der Waals surface area contributed by atoms with E-state index >= 15 is 0 Å². The van der Waals surface area contributed by atoms with E-state index in [0.717, 1.165) is 42.9 Å². The van der Waals surface area contributed by atoms with Crippen molar-refractivity contribution < 1.29 is 8.42 Å². The quantitative estimate of drug-likeness (QED) is 0.828. The minimum atomic E-state index is -3.16. The van der Waals surface area contributed by atoms with Gasteiger partial charge < -0.3 is 5.32 Å². The van der Waals surface area contributed by atoms with E-state index in [1.54, 1.807) is 13.8 Å². The Bertz CT molecular complexity index is 582. The highest BCUT2D eigenvalue weighted by atomic mass is 35.5. The molecule has 2 rings (SSSR count). The Hall–Kier alpha value is -0.780. The summed E-state index contributed by atoms with van der Waals surface area (Å²) in [6.45, 7) is 4.33. The normalized spacial score (nSPS) is 22.7. The summed E-state index contributed by atoms with van der Waals surface area (Å²) in [4.78, 5) is 0. The van der Waals surface area contributed by atoms with Crippen LogP contribution in [0.5, 0.6) is 0 Å². The molecule has 0 bridgehead atoms. The molecule has 0 heterocycles. The van der Waals surface area contributed by atoms with E-state index in [4.69, 9.17) is 11.6 Å². The largest absolute Gasteiger partial charge is 0.385 e. The van der Waals surface area contributed by atoms with Gasteiger partial charge >= 0.3 is 0 Å². The Morgan fingerprint density at radius 3 is 2.50 bits per heavy atom. The molecule has 6 heteroatoms. The van der Waals surface area contributed by atoms with Crippen LogP contribution in [0, 0.1) is 5.92 Å². The molecule has 4 nitrogen and oxygen atoms in total. The van der Waals surface area contributed by atoms with Crippen LogP contribution in [-0.4, -0.2) is 26.3 Å². The van der Waals surface area contributed by atoms with Crippen molar-refractivity contribution >= 4 is 27.3 Å². The Balaban J connectivity index is 1.76. The molecule has 1 saturated carbocycles. The lowest BCUT2D eigenvalue weighted by atomic mass is 9.86. The average Bonchev–Trinajstić information content (AvgIpc) is 2.46. The first-order valence-corrected chi connectivity index (χ1v) is 9.80. The van der Waals surface area contributed by atoms with Crippen molar-refractivity contribution in [2.45, 2.75) is 50.8 Å². The average molecular weight is 345 g/mol. The Morgan fingerprint density at radius 2 is 1.91 bits per heavy atom. The van der Waals surface area contributed by atoms with Crippen LogP contribution in [0.15, 0.2) is 24.3 Å². The minimum absolute atomic E-state index is 0.0924. The molecule has 1 fully saturated rings.